The van der Waals surface area contributed by atoms with E-state index in [2.05, 4.69) is 29.6 Å². The van der Waals surface area contributed by atoms with Crippen LogP contribution in [0.25, 0.3) is 0 Å². The highest BCUT2D eigenvalue weighted by molar-refractivity contribution is 7.99. The number of aryl methyl sites for hydroxylation is 1. The van der Waals surface area contributed by atoms with E-state index in [1.54, 1.807) is 25.1 Å². The van der Waals surface area contributed by atoms with E-state index in [0.29, 0.717) is 11.4 Å². The second-order valence-corrected chi connectivity index (χ2v) is 6.83. The van der Waals surface area contributed by atoms with Crippen LogP contribution in [0, 0.1) is 6.92 Å². The van der Waals surface area contributed by atoms with Crippen molar-refractivity contribution in [3.05, 3.63) is 64.2 Å². The zero-order chi connectivity index (χ0) is 18.2. The van der Waals surface area contributed by atoms with Crippen LogP contribution in [0.1, 0.15) is 28.4 Å². The molecule has 2 rings (SSSR count). The van der Waals surface area contributed by atoms with Gasteiger partial charge in [-0.3, -0.25) is 4.79 Å². The number of ether oxygens (including phenoxy) is 1. The lowest BCUT2D eigenvalue weighted by molar-refractivity contribution is -0.113. The monoisotopic (exact) mass is 377 g/mol. The van der Waals surface area contributed by atoms with Crippen molar-refractivity contribution in [2.45, 2.75) is 19.6 Å². The molecule has 2 aromatic rings. The highest BCUT2D eigenvalue weighted by Crippen LogP contribution is 2.22. The average molecular weight is 378 g/mol. The summed E-state index contributed by atoms with van der Waals surface area (Å²) < 4.78 is 4.92. The molecule has 0 fully saturated rings. The standard InChI is InChI=1S/C19H20ClNO3S/c1-3-24-19(23)16-9-8-15(10-17(16)20)21-18(22)12-25-11-14-6-4-13(2)5-7-14/h4-10H,3,11-12H2,1-2H3,(H,21,22). The molecule has 2 aromatic carbocycles. The van der Waals surface area contributed by atoms with E-state index in [0.717, 1.165) is 5.75 Å². The Labute approximate surface area is 156 Å². The van der Waals surface area contributed by atoms with Crippen LogP contribution in [-0.4, -0.2) is 24.2 Å². The summed E-state index contributed by atoms with van der Waals surface area (Å²) in [5.41, 5.74) is 3.24. The maximum atomic E-state index is 12.0. The van der Waals surface area contributed by atoms with Gasteiger partial charge in [-0.05, 0) is 37.6 Å². The molecule has 0 bridgehead atoms. The van der Waals surface area contributed by atoms with Gasteiger partial charge in [0.05, 0.1) is 22.9 Å². The zero-order valence-electron chi connectivity index (χ0n) is 14.2. The van der Waals surface area contributed by atoms with Gasteiger partial charge < -0.3 is 10.1 Å². The van der Waals surface area contributed by atoms with Crippen LogP contribution in [-0.2, 0) is 15.3 Å². The summed E-state index contributed by atoms with van der Waals surface area (Å²) in [4.78, 5) is 23.7. The minimum atomic E-state index is -0.473. The number of esters is 1. The molecule has 4 nitrogen and oxygen atoms in total. The predicted octanol–water partition coefficient (Wildman–Crippen LogP) is 4.70. The van der Waals surface area contributed by atoms with Gasteiger partial charge in [0.1, 0.15) is 0 Å². The van der Waals surface area contributed by atoms with E-state index >= 15 is 0 Å². The highest BCUT2D eigenvalue weighted by Gasteiger charge is 2.12. The molecule has 0 saturated heterocycles. The third kappa shape index (κ3) is 6.11. The molecular formula is C19H20ClNO3S. The number of carbonyl (C=O) groups is 2. The van der Waals surface area contributed by atoms with Gasteiger partial charge in [-0.2, -0.15) is 0 Å². The number of halogens is 1. The molecule has 0 aliphatic carbocycles. The number of nitrogens with one attached hydrogen (secondary N) is 1. The first kappa shape index (κ1) is 19.3. The third-order valence-corrected chi connectivity index (χ3v) is 4.69. The van der Waals surface area contributed by atoms with Crippen molar-refractivity contribution in [3.8, 4) is 0 Å². The molecule has 0 aromatic heterocycles. The topological polar surface area (TPSA) is 55.4 Å². The van der Waals surface area contributed by atoms with Crippen molar-refractivity contribution in [2.24, 2.45) is 0 Å². The Hall–Kier alpha value is -1.98. The van der Waals surface area contributed by atoms with Crippen LogP contribution in [0.4, 0.5) is 5.69 Å². The van der Waals surface area contributed by atoms with Gasteiger partial charge in [-0.25, -0.2) is 4.79 Å². The summed E-state index contributed by atoms with van der Waals surface area (Å²) in [6.45, 7) is 4.06. The van der Waals surface area contributed by atoms with E-state index in [1.807, 2.05) is 6.92 Å². The molecule has 0 aliphatic rings. The number of amides is 1. The van der Waals surface area contributed by atoms with Gasteiger partial charge in [0.15, 0.2) is 0 Å². The third-order valence-electron chi connectivity index (χ3n) is 3.37. The van der Waals surface area contributed by atoms with Crippen molar-refractivity contribution in [1.29, 1.82) is 0 Å². The van der Waals surface area contributed by atoms with E-state index < -0.39 is 5.97 Å². The zero-order valence-corrected chi connectivity index (χ0v) is 15.7. The molecule has 0 spiro atoms. The minimum Gasteiger partial charge on any atom is -0.462 e. The summed E-state index contributed by atoms with van der Waals surface area (Å²) in [5, 5.41) is 3.03. The summed E-state index contributed by atoms with van der Waals surface area (Å²) in [7, 11) is 0. The first-order valence-electron chi connectivity index (χ1n) is 7.89. The Balaban J connectivity index is 1.84. The number of rotatable bonds is 7. The first-order valence-corrected chi connectivity index (χ1v) is 9.42. The van der Waals surface area contributed by atoms with Gasteiger partial charge in [-0.15, -0.1) is 11.8 Å². The van der Waals surface area contributed by atoms with Gasteiger partial charge in [0, 0.05) is 11.4 Å². The molecule has 132 valence electrons. The smallest absolute Gasteiger partial charge is 0.339 e. The lowest BCUT2D eigenvalue weighted by atomic mass is 10.2. The molecule has 0 unspecified atom stereocenters. The average Bonchev–Trinajstić information content (AvgIpc) is 2.57. The number of carbonyl (C=O) groups excluding carboxylic acids is 2. The molecule has 0 atom stereocenters. The van der Waals surface area contributed by atoms with E-state index in [1.165, 1.54) is 22.9 Å². The molecule has 0 saturated carbocycles. The van der Waals surface area contributed by atoms with Crippen molar-refractivity contribution in [2.75, 3.05) is 17.7 Å². The van der Waals surface area contributed by atoms with Gasteiger partial charge >= 0.3 is 5.97 Å². The number of hydrogen-bond acceptors (Lipinski definition) is 4. The first-order chi connectivity index (χ1) is 12.0. The van der Waals surface area contributed by atoms with Crippen LogP contribution in [0.15, 0.2) is 42.5 Å². The Morgan fingerprint density at radius 3 is 2.52 bits per heavy atom. The van der Waals surface area contributed by atoms with Gasteiger partial charge in [0.2, 0.25) is 5.91 Å². The summed E-state index contributed by atoms with van der Waals surface area (Å²) >= 11 is 7.62. The Morgan fingerprint density at radius 1 is 1.16 bits per heavy atom. The quantitative estimate of drug-likeness (QED) is 0.711. The second kappa shape index (κ2) is 9.49. The number of thioether (sulfide) groups is 1. The molecule has 25 heavy (non-hydrogen) atoms. The SMILES string of the molecule is CCOC(=O)c1ccc(NC(=O)CSCc2ccc(C)cc2)cc1Cl. The van der Waals surface area contributed by atoms with Crippen molar-refractivity contribution in [1.82, 2.24) is 0 Å². The lowest BCUT2D eigenvalue weighted by Crippen LogP contribution is -2.14. The van der Waals surface area contributed by atoms with Crippen LogP contribution >= 0.6 is 23.4 Å². The van der Waals surface area contributed by atoms with Crippen LogP contribution in [0.5, 0.6) is 0 Å². The van der Waals surface area contributed by atoms with Crippen LogP contribution < -0.4 is 5.32 Å². The van der Waals surface area contributed by atoms with Crippen LogP contribution in [0.3, 0.4) is 0 Å². The molecule has 6 heteroatoms. The molecule has 0 heterocycles. The molecule has 0 aliphatic heterocycles. The predicted molar refractivity (Wildman–Crippen MR) is 103 cm³/mol. The maximum Gasteiger partial charge on any atom is 0.339 e. The summed E-state index contributed by atoms with van der Waals surface area (Å²) in [6.07, 6.45) is 0. The van der Waals surface area contributed by atoms with Crippen molar-refractivity contribution in [3.63, 3.8) is 0 Å². The number of hydrogen-bond donors (Lipinski definition) is 1. The molecule has 1 amide bonds. The lowest BCUT2D eigenvalue weighted by Gasteiger charge is -2.08. The fraction of sp³-hybridized carbons (Fsp3) is 0.263. The minimum absolute atomic E-state index is 0.114. The fourth-order valence-electron chi connectivity index (χ4n) is 2.11. The highest BCUT2D eigenvalue weighted by atomic mass is 35.5. The second-order valence-electron chi connectivity index (χ2n) is 5.44. The van der Waals surface area contributed by atoms with E-state index in [4.69, 9.17) is 16.3 Å². The van der Waals surface area contributed by atoms with E-state index in [9.17, 15) is 9.59 Å². The van der Waals surface area contributed by atoms with Crippen molar-refractivity contribution < 1.29 is 14.3 Å². The molecule has 1 N–H and O–H groups in total. The normalized spacial score (nSPS) is 10.4. The fourth-order valence-corrected chi connectivity index (χ4v) is 3.16. The number of benzene rings is 2. The molecular weight excluding hydrogens is 358 g/mol. The van der Waals surface area contributed by atoms with Crippen molar-refractivity contribution >= 4 is 40.9 Å². The summed E-state index contributed by atoms with van der Waals surface area (Å²) in [5.74, 6) is 0.526. The van der Waals surface area contributed by atoms with Gasteiger partial charge in [0.25, 0.3) is 0 Å². The Kier molecular flexibility index (Phi) is 7.34. The summed E-state index contributed by atoms with van der Waals surface area (Å²) in [6, 6.07) is 13.0. The maximum absolute atomic E-state index is 12.0. The Bertz CT molecular complexity index is 747. The van der Waals surface area contributed by atoms with Crippen LogP contribution in [0.2, 0.25) is 5.02 Å². The number of anilines is 1. The van der Waals surface area contributed by atoms with Gasteiger partial charge in [-0.1, -0.05) is 41.4 Å². The largest absolute Gasteiger partial charge is 0.462 e. The molecule has 0 radical (unpaired) electrons. The Morgan fingerprint density at radius 2 is 1.88 bits per heavy atom. The van der Waals surface area contributed by atoms with E-state index in [-0.39, 0.29) is 23.1 Å².